The van der Waals surface area contributed by atoms with Crippen molar-refractivity contribution in [1.82, 2.24) is 0 Å². The minimum Gasteiger partial charge on any atom is -0.481 e. The number of hydrogen-bond donors (Lipinski definition) is 1. The predicted molar refractivity (Wildman–Crippen MR) is 87.4 cm³/mol. The normalized spacial score (nSPS) is 55.5. The van der Waals surface area contributed by atoms with Crippen LogP contribution < -0.4 is 0 Å². The molecular weight excluding hydrogens is 320 g/mol. The molecule has 1 aliphatic heterocycles. The van der Waals surface area contributed by atoms with E-state index in [1.807, 2.05) is 20.8 Å². The molecule has 0 aromatic rings. The fourth-order valence-corrected chi connectivity index (χ4v) is 7.62. The first-order chi connectivity index (χ1) is 11.6. The quantitative estimate of drug-likeness (QED) is 0.584. The van der Waals surface area contributed by atoms with Crippen LogP contribution in [0, 0.1) is 34.0 Å². The number of rotatable bonds is 1. The van der Waals surface area contributed by atoms with Crippen LogP contribution in [0.5, 0.6) is 0 Å². The van der Waals surface area contributed by atoms with E-state index in [2.05, 4.69) is 6.08 Å². The molecule has 5 nitrogen and oxygen atoms in total. The average molecular weight is 344 g/mol. The van der Waals surface area contributed by atoms with E-state index in [9.17, 15) is 19.5 Å². The molecule has 25 heavy (non-hydrogen) atoms. The van der Waals surface area contributed by atoms with Crippen molar-refractivity contribution in [2.24, 2.45) is 34.0 Å². The van der Waals surface area contributed by atoms with Crippen LogP contribution in [0.15, 0.2) is 11.6 Å². The summed E-state index contributed by atoms with van der Waals surface area (Å²) in [5.41, 5.74) is -1.65. The van der Waals surface area contributed by atoms with Gasteiger partial charge in [-0.05, 0) is 38.5 Å². The van der Waals surface area contributed by atoms with E-state index in [0.29, 0.717) is 19.3 Å². The van der Waals surface area contributed by atoms with Gasteiger partial charge in [0.05, 0.1) is 11.3 Å². The van der Waals surface area contributed by atoms with E-state index in [0.717, 1.165) is 18.4 Å². The molecule has 4 fully saturated rings. The number of Topliss-reactive ketones (excluding diaryl/α,β-unsaturated/α-hetero) is 1. The van der Waals surface area contributed by atoms with Crippen molar-refractivity contribution in [2.75, 3.05) is 0 Å². The van der Waals surface area contributed by atoms with Crippen molar-refractivity contribution < 1.29 is 24.2 Å². The number of fused-ring (bicyclic) bond motifs is 1. The maximum absolute atomic E-state index is 12.8. The van der Waals surface area contributed by atoms with Gasteiger partial charge in [0.1, 0.15) is 11.4 Å². The lowest BCUT2D eigenvalue weighted by Gasteiger charge is -2.45. The van der Waals surface area contributed by atoms with E-state index in [1.165, 1.54) is 0 Å². The third-order valence-corrected chi connectivity index (χ3v) is 8.77. The topological polar surface area (TPSA) is 80.7 Å². The van der Waals surface area contributed by atoms with E-state index in [1.54, 1.807) is 0 Å². The highest BCUT2D eigenvalue weighted by molar-refractivity contribution is 5.92. The van der Waals surface area contributed by atoms with Crippen LogP contribution in [0.3, 0.4) is 0 Å². The van der Waals surface area contributed by atoms with Gasteiger partial charge >= 0.3 is 11.9 Å². The molecule has 1 saturated heterocycles. The highest BCUT2D eigenvalue weighted by Crippen LogP contribution is 2.78. The van der Waals surface area contributed by atoms with Crippen molar-refractivity contribution in [3.8, 4) is 0 Å². The summed E-state index contributed by atoms with van der Waals surface area (Å²) >= 11 is 0. The SMILES string of the molecule is CC1=CC[C@]23OC(=O)[C@@]1(C)[C@H]2[C@H](C(=O)O)[C@@]12CC(=O)[C@](C)(CC[C@H]13)C2. The highest BCUT2D eigenvalue weighted by atomic mass is 16.6. The number of carboxylic acids is 1. The van der Waals surface area contributed by atoms with Gasteiger partial charge in [-0.3, -0.25) is 14.4 Å². The predicted octanol–water partition coefficient (Wildman–Crippen LogP) is 2.73. The Hall–Kier alpha value is -1.65. The number of hydrogen-bond acceptors (Lipinski definition) is 4. The van der Waals surface area contributed by atoms with Gasteiger partial charge in [-0.25, -0.2) is 0 Å². The molecule has 5 rings (SSSR count). The molecule has 0 aromatic heterocycles. The molecule has 1 spiro atoms. The summed E-state index contributed by atoms with van der Waals surface area (Å²) in [5, 5.41) is 10.2. The number of ketones is 1. The second-order valence-electron chi connectivity index (χ2n) is 9.59. The van der Waals surface area contributed by atoms with Crippen LogP contribution in [0.4, 0.5) is 0 Å². The summed E-state index contributed by atoms with van der Waals surface area (Å²) in [6.45, 7) is 5.76. The van der Waals surface area contributed by atoms with Crippen LogP contribution in [0.2, 0.25) is 0 Å². The van der Waals surface area contributed by atoms with Crippen molar-refractivity contribution in [3.05, 3.63) is 11.6 Å². The van der Waals surface area contributed by atoms with E-state index in [4.69, 9.17) is 4.74 Å². The molecule has 134 valence electrons. The minimum atomic E-state index is -0.880. The maximum atomic E-state index is 12.8. The molecule has 4 aliphatic carbocycles. The Morgan fingerprint density at radius 3 is 2.72 bits per heavy atom. The highest BCUT2D eigenvalue weighted by Gasteiger charge is 2.83. The molecule has 1 heterocycles. The summed E-state index contributed by atoms with van der Waals surface area (Å²) in [6, 6.07) is 0. The monoisotopic (exact) mass is 344 g/mol. The van der Waals surface area contributed by atoms with Crippen LogP contribution in [-0.4, -0.2) is 28.4 Å². The van der Waals surface area contributed by atoms with Gasteiger partial charge in [-0.2, -0.15) is 0 Å². The molecule has 5 heteroatoms. The second-order valence-corrected chi connectivity index (χ2v) is 9.59. The van der Waals surface area contributed by atoms with Gasteiger partial charge in [0.2, 0.25) is 0 Å². The first-order valence-corrected chi connectivity index (χ1v) is 9.29. The largest absolute Gasteiger partial charge is 0.481 e. The Kier molecular flexibility index (Phi) is 2.51. The van der Waals surface area contributed by atoms with Crippen LogP contribution in [0.1, 0.15) is 52.9 Å². The summed E-state index contributed by atoms with van der Waals surface area (Å²) < 4.78 is 6.07. The zero-order valence-corrected chi connectivity index (χ0v) is 14.9. The van der Waals surface area contributed by atoms with Gasteiger partial charge in [0.25, 0.3) is 0 Å². The summed E-state index contributed by atoms with van der Waals surface area (Å²) in [7, 11) is 0. The van der Waals surface area contributed by atoms with E-state index in [-0.39, 0.29) is 23.6 Å². The van der Waals surface area contributed by atoms with E-state index >= 15 is 0 Å². The number of aliphatic carboxylic acids is 1. The number of ether oxygens (including phenoxy) is 1. The maximum Gasteiger partial charge on any atom is 0.316 e. The van der Waals surface area contributed by atoms with Gasteiger partial charge in [-0.1, -0.05) is 18.6 Å². The lowest BCUT2D eigenvalue weighted by Crippen LogP contribution is -2.46. The second kappa shape index (κ2) is 4.02. The number of esters is 1. The fraction of sp³-hybridized carbons (Fsp3) is 0.750. The fourth-order valence-electron chi connectivity index (χ4n) is 7.62. The lowest BCUT2D eigenvalue weighted by molar-refractivity contribution is -0.160. The number of carbonyl (C=O) groups is 3. The van der Waals surface area contributed by atoms with Crippen molar-refractivity contribution in [3.63, 3.8) is 0 Å². The smallest absolute Gasteiger partial charge is 0.316 e. The first kappa shape index (κ1) is 15.6. The Morgan fingerprint density at radius 2 is 2.04 bits per heavy atom. The molecule has 0 aromatic carbocycles. The van der Waals surface area contributed by atoms with Crippen LogP contribution in [0.25, 0.3) is 0 Å². The van der Waals surface area contributed by atoms with Gasteiger partial charge in [0.15, 0.2) is 0 Å². The Bertz CT molecular complexity index is 783. The van der Waals surface area contributed by atoms with Crippen molar-refractivity contribution >= 4 is 17.7 Å². The van der Waals surface area contributed by atoms with Gasteiger partial charge in [0, 0.05) is 30.1 Å². The number of carbonyl (C=O) groups excluding carboxylic acids is 2. The van der Waals surface area contributed by atoms with Gasteiger partial charge in [-0.15, -0.1) is 0 Å². The van der Waals surface area contributed by atoms with Crippen molar-refractivity contribution in [2.45, 2.75) is 58.5 Å². The van der Waals surface area contributed by atoms with Gasteiger partial charge < -0.3 is 9.84 Å². The molecule has 0 unspecified atom stereocenters. The Morgan fingerprint density at radius 1 is 1.32 bits per heavy atom. The molecule has 3 saturated carbocycles. The Balaban J connectivity index is 1.78. The molecule has 4 bridgehead atoms. The molecule has 0 amide bonds. The molecule has 7 atom stereocenters. The summed E-state index contributed by atoms with van der Waals surface area (Å²) in [6.07, 6.45) is 5.17. The third kappa shape index (κ3) is 1.36. The third-order valence-electron chi connectivity index (χ3n) is 8.77. The van der Waals surface area contributed by atoms with Crippen LogP contribution in [-0.2, 0) is 19.1 Å². The first-order valence-electron chi connectivity index (χ1n) is 9.29. The zero-order chi connectivity index (χ0) is 18.0. The molecule has 0 radical (unpaired) electrons. The van der Waals surface area contributed by atoms with Crippen molar-refractivity contribution in [1.29, 1.82) is 0 Å². The molecule has 5 aliphatic rings. The van der Waals surface area contributed by atoms with E-state index < -0.39 is 33.7 Å². The lowest BCUT2D eigenvalue weighted by atomic mass is 9.60. The summed E-state index contributed by atoms with van der Waals surface area (Å²) in [5.74, 6) is -2.02. The Labute approximate surface area is 146 Å². The average Bonchev–Trinajstić information content (AvgIpc) is 2.95. The molecule has 1 N–H and O–H groups in total. The standard InChI is InChI=1S/C20H24O5/c1-10-4-7-20-11-5-6-17(2)9-19(11,8-12(17)21)13(15(22)23)14(20)18(10,3)16(24)25-20/h4,11,13-14H,5-9H2,1-3H3,(H,22,23)/t11-,13-,14-,17-,18-,19-,20-/m1/s1. The van der Waals surface area contributed by atoms with Crippen LogP contribution >= 0.6 is 0 Å². The number of carboxylic acid groups (broad SMARTS) is 1. The zero-order valence-electron chi connectivity index (χ0n) is 14.9. The minimum absolute atomic E-state index is 0.0271. The summed E-state index contributed by atoms with van der Waals surface area (Å²) in [4.78, 5) is 38.1. The molecular formula is C20H24O5.